The van der Waals surface area contributed by atoms with Crippen LogP contribution in [-0.2, 0) is 10.3 Å². The van der Waals surface area contributed by atoms with Gasteiger partial charge in [0, 0.05) is 5.56 Å². The van der Waals surface area contributed by atoms with Crippen LogP contribution in [0.2, 0.25) is 0 Å². The first-order chi connectivity index (χ1) is 14.3. The lowest BCUT2D eigenvalue weighted by molar-refractivity contribution is -0.131. The van der Waals surface area contributed by atoms with E-state index < -0.39 is 17.5 Å². The number of halogens is 1. The molecule has 3 amide bonds. The molecule has 2 heterocycles. The summed E-state index contributed by atoms with van der Waals surface area (Å²) in [4.78, 5) is 25.4. The summed E-state index contributed by atoms with van der Waals surface area (Å²) in [5, 5.41) is 12.2. The van der Waals surface area contributed by atoms with E-state index in [4.69, 9.17) is 0 Å². The van der Waals surface area contributed by atoms with Crippen LogP contribution in [-0.4, -0.2) is 32.9 Å². The Morgan fingerprint density at radius 1 is 1.07 bits per heavy atom. The van der Waals surface area contributed by atoms with Crippen LogP contribution in [0.1, 0.15) is 29.4 Å². The van der Waals surface area contributed by atoms with Gasteiger partial charge in [0.1, 0.15) is 11.4 Å². The monoisotopic (exact) mass is 405 g/mol. The van der Waals surface area contributed by atoms with E-state index in [1.165, 1.54) is 18.3 Å². The third-order valence-corrected chi connectivity index (χ3v) is 5.24. The first kappa shape index (κ1) is 19.5. The Morgan fingerprint density at radius 3 is 2.40 bits per heavy atom. The molecule has 1 aliphatic rings. The molecule has 1 N–H and O–H groups in total. The number of carbonyl (C=O) groups is 2. The fourth-order valence-corrected chi connectivity index (χ4v) is 3.49. The van der Waals surface area contributed by atoms with Gasteiger partial charge in [-0.3, -0.25) is 4.79 Å². The number of hydrogen-bond acceptors (Lipinski definition) is 4. The molecule has 1 saturated heterocycles. The zero-order valence-electron chi connectivity index (χ0n) is 16.8. The molecule has 7 nitrogen and oxygen atoms in total. The van der Waals surface area contributed by atoms with Crippen LogP contribution in [0.3, 0.4) is 0 Å². The highest BCUT2D eigenvalue weighted by molar-refractivity contribution is 6.07. The molecule has 30 heavy (non-hydrogen) atoms. The second-order valence-corrected chi connectivity index (χ2v) is 7.26. The quantitative estimate of drug-likeness (QED) is 0.534. The van der Waals surface area contributed by atoms with Crippen molar-refractivity contribution in [1.29, 1.82) is 0 Å². The molecule has 3 aromatic rings. The second kappa shape index (κ2) is 7.22. The summed E-state index contributed by atoms with van der Waals surface area (Å²) >= 11 is 0. The minimum absolute atomic E-state index is 0.331. The summed E-state index contributed by atoms with van der Waals surface area (Å²) in [6.07, 6.45) is 1.45. The first-order valence-electron chi connectivity index (χ1n) is 9.39. The number of hydrogen-bond donors (Lipinski definition) is 1. The van der Waals surface area contributed by atoms with Crippen LogP contribution < -0.4 is 5.32 Å². The van der Waals surface area contributed by atoms with Crippen molar-refractivity contribution in [3.05, 3.63) is 82.9 Å². The van der Waals surface area contributed by atoms with Crippen molar-refractivity contribution in [2.75, 3.05) is 0 Å². The van der Waals surface area contributed by atoms with Crippen LogP contribution >= 0.6 is 0 Å². The van der Waals surface area contributed by atoms with Gasteiger partial charge in [-0.15, -0.1) is 5.01 Å². The van der Waals surface area contributed by atoms with Gasteiger partial charge in [-0.1, -0.05) is 30.3 Å². The number of aryl methyl sites for hydroxylation is 1. The van der Waals surface area contributed by atoms with Gasteiger partial charge in [0.2, 0.25) is 0 Å². The van der Waals surface area contributed by atoms with Crippen LogP contribution in [0.15, 0.2) is 59.7 Å². The van der Waals surface area contributed by atoms with Gasteiger partial charge in [0.15, 0.2) is 0 Å². The number of rotatable bonds is 4. The molecular weight excluding hydrogens is 385 g/mol. The van der Waals surface area contributed by atoms with Crippen LogP contribution in [0.5, 0.6) is 0 Å². The van der Waals surface area contributed by atoms with Gasteiger partial charge in [-0.25, -0.2) is 13.9 Å². The topological polar surface area (TPSA) is 79.6 Å². The zero-order valence-corrected chi connectivity index (χ0v) is 16.8. The number of hydrazone groups is 1. The van der Waals surface area contributed by atoms with Crippen molar-refractivity contribution < 1.29 is 14.0 Å². The van der Waals surface area contributed by atoms with E-state index in [0.717, 1.165) is 10.7 Å². The summed E-state index contributed by atoms with van der Waals surface area (Å²) in [6.45, 7) is 5.29. The predicted molar refractivity (Wildman–Crippen MR) is 110 cm³/mol. The number of aromatic nitrogens is 2. The molecule has 0 radical (unpaired) electrons. The lowest BCUT2D eigenvalue weighted by Gasteiger charge is -2.20. The number of urea groups is 1. The van der Waals surface area contributed by atoms with Gasteiger partial charge in [-0.2, -0.15) is 10.2 Å². The van der Waals surface area contributed by atoms with Gasteiger partial charge < -0.3 is 5.32 Å². The Labute approximate surface area is 172 Å². The number of amides is 3. The molecule has 1 aliphatic heterocycles. The summed E-state index contributed by atoms with van der Waals surface area (Å²) in [7, 11) is 0. The Hall–Kier alpha value is -3.81. The lowest BCUT2D eigenvalue weighted by atomic mass is 9.92. The fraction of sp³-hybridized carbons (Fsp3) is 0.182. The van der Waals surface area contributed by atoms with Crippen molar-refractivity contribution in [2.24, 2.45) is 5.10 Å². The minimum Gasteiger partial charge on any atom is -0.318 e. The third-order valence-electron chi connectivity index (χ3n) is 5.24. The van der Waals surface area contributed by atoms with E-state index >= 15 is 0 Å². The van der Waals surface area contributed by atoms with Crippen LogP contribution in [0.4, 0.5) is 9.18 Å². The van der Waals surface area contributed by atoms with E-state index in [0.29, 0.717) is 22.5 Å². The number of nitrogens with one attached hydrogen (secondary N) is 1. The molecule has 4 rings (SSSR count). The number of imide groups is 1. The maximum absolute atomic E-state index is 13.2. The van der Waals surface area contributed by atoms with E-state index in [-0.39, 0.29) is 5.82 Å². The van der Waals surface area contributed by atoms with Crippen molar-refractivity contribution in [1.82, 2.24) is 20.1 Å². The molecule has 0 spiro atoms. The highest BCUT2D eigenvalue weighted by Gasteiger charge is 2.49. The molecular formula is C22H20FN5O2. The molecule has 0 bridgehead atoms. The van der Waals surface area contributed by atoms with Crippen LogP contribution in [0, 0.1) is 19.7 Å². The van der Waals surface area contributed by atoms with Crippen molar-refractivity contribution >= 4 is 18.2 Å². The summed E-state index contributed by atoms with van der Waals surface area (Å²) in [6, 6.07) is 14.4. The van der Waals surface area contributed by atoms with Crippen molar-refractivity contribution in [2.45, 2.75) is 26.3 Å². The molecule has 1 aromatic heterocycles. The van der Waals surface area contributed by atoms with E-state index in [1.54, 1.807) is 42.8 Å². The SMILES string of the molecule is Cc1nn(-c2ccc(F)cc2)c(C)c1C=NN1C(=O)N[C@@](C)(c2ccccc2)C1=O. The Kier molecular flexibility index (Phi) is 4.69. The lowest BCUT2D eigenvalue weighted by Crippen LogP contribution is -2.40. The van der Waals surface area contributed by atoms with E-state index in [9.17, 15) is 14.0 Å². The smallest absolute Gasteiger partial charge is 0.318 e. The molecule has 0 saturated carbocycles. The largest absolute Gasteiger partial charge is 0.346 e. The Morgan fingerprint density at radius 2 is 1.73 bits per heavy atom. The maximum atomic E-state index is 13.2. The van der Waals surface area contributed by atoms with Gasteiger partial charge >= 0.3 is 6.03 Å². The normalized spacial score (nSPS) is 19.0. The summed E-state index contributed by atoms with van der Waals surface area (Å²) in [5.41, 5.74) is 2.28. The highest BCUT2D eigenvalue weighted by Crippen LogP contribution is 2.29. The summed E-state index contributed by atoms with van der Waals surface area (Å²) < 4.78 is 14.9. The Balaban J connectivity index is 1.64. The van der Waals surface area contributed by atoms with Gasteiger partial charge in [0.05, 0.1) is 23.3 Å². The predicted octanol–water partition coefficient (Wildman–Crippen LogP) is 3.43. The average Bonchev–Trinajstić information content (AvgIpc) is 3.14. The fourth-order valence-electron chi connectivity index (χ4n) is 3.49. The van der Waals surface area contributed by atoms with E-state index in [1.807, 2.05) is 25.1 Å². The minimum atomic E-state index is -1.18. The zero-order chi connectivity index (χ0) is 21.5. The molecule has 1 atom stereocenters. The highest BCUT2D eigenvalue weighted by atomic mass is 19.1. The van der Waals surface area contributed by atoms with Gasteiger partial charge in [0.25, 0.3) is 5.91 Å². The molecule has 2 aromatic carbocycles. The second-order valence-electron chi connectivity index (χ2n) is 7.26. The standard InChI is InChI=1S/C22H20FN5O2/c1-14-19(15(2)27(26-14)18-11-9-17(23)10-12-18)13-24-28-20(29)22(3,25-21(28)30)16-7-5-4-6-8-16/h4-13H,1-3H3,(H,25,30)/t22-/m0/s1. The van der Waals surface area contributed by atoms with Crippen molar-refractivity contribution in [3.63, 3.8) is 0 Å². The average molecular weight is 405 g/mol. The molecule has 0 unspecified atom stereocenters. The molecule has 8 heteroatoms. The van der Waals surface area contributed by atoms with Crippen LogP contribution in [0.25, 0.3) is 5.69 Å². The van der Waals surface area contributed by atoms with Crippen molar-refractivity contribution in [3.8, 4) is 5.69 Å². The molecule has 0 aliphatic carbocycles. The van der Waals surface area contributed by atoms with Gasteiger partial charge in [-0.05, 0) is 50.6 Å². The first-order valence-corrected chi connectivity index (χ1v) is 9.39. The maximum Gasteiger partial charge on any atom is 0.346 e. The number of benzene rings is 2. The molecule has 152 valence electrons. The third kappa shape index (κ3) is 3.16. The van der Waals surface area contributed by atoms with E-state index in [2.05, 4.69) is 15.5 Å². The molecule has 1 fully saturated rings. The number of nitrogens with zero attached hydrogens (tertiary/aromatic N) is 4. The summed E-state index contributed by atoms with van der Waals surface area (Å²) in [5.74, 6) is -0.793. The Bertz CT molecular complexity index is 1150. The number of carbonyl (C=O) groups excluding carboxylic acids is 2.